The molecule has 1 rings (SSSR count). The van der Waals surface area contributed by atoms with Gasteiger partial charge in [-0.15, -0.1) is 11.3 Å². The van der Waals surface area contributed by atoms with Crippen molar-refractivity contribution in [3.8, 4) is 0 Å². The fourth-order valence-electron chi connectivity index (χ4n) is 1.16. The van der Waals surface area contributed by atoms with Gasteiger partial charge in [0.1, 0.15) is 0 Å². The highest BCUT2D eigenvalue weighted by Gasteiger charge is 2.09. The second-order valence-electron chi connectivity index (χ2n) is 2.96. The Morgan fingerprint density at radius 2 is 2.46 bits per heavy atom. The molecular weight excluding hydrogens is 186 g/mol. The summed E-state index contributed by atoms with van der Waals surface area (Å²) in [6, 6.07) is 2.16. The third-order valence-corrected chi connectivity index (χ3v) is 3.06. The quantitative estimate of drug-likeness (QED) is 0.777. The van der Waals surface area contributed by atoms with Crippen molar-refractivity contribution in [3.63, 3.8) is 0 Å². The van der Waals surface area contributed by atoms with Crippen molar-refractivity contribution in [2.45, 2.75) is 19.9 Å². The van der Waals surface area contributed by atoms with Crippen molar-refractivity contribution in [3.05, 3.63) is 21.9 Å². The molecule has 1 aromatic rings. The van der Waals surface area contributed by atoms with Gasteiger partial charge in [-0.3, -0.25) is 10.1 Å². The molecule has 0 amide bonds. The third kappa shape index (κ3) is 2.82. The first-order valence-corrected chi connectivity index (χ1v) is 4.98. The van der Waals surface area contributed by atoms with E-state index in [0.717, 1.165) is 0 Å². The van der Waals surface area contributed by atoms with E-state index in [1.807, 2.05) is 25.3 Å². The van der Waals surface area contributed by atoms with E-state index in [4.69, 9.17) is 5.11 Å². The second kappa shape index (κ2) is 4.39. The van der Waals surface area contributed by atoms with Gasteiger partial charge in [-0.05, 0) is 30.9 Å². The SMILES string of the molecule is Cc1ccsc1C(C)NCC(=O)O. The van der Waals surface area contributed by atoms with Gasteiger partial charge in [0.25, 0.3) is 0 Å². The van der Waals surface area contributed by atoms with Crippen molar-refractivity contribution in [2.24, 2.45) is 0 Å². The summed E-state index contributed by atoms with van der Waals surface area (Å²) in [5.74, 6) is -0.818. The highest BCUT2D eigenvalue weighted by atomic mass is 32.1. The molecule has 0 saturated heterocycles. The molecule has 0 radical (unpaired) electrons. The number of aryl methyl sites for hydroxylation is 1. The summed E-state index contributed by atoms with van der Waals surface area (Å²) >= 11 is 1.65. The van der Waals surface area contributed by atoms with Gasteiger partial charge in [-0.25, -0.2) is 0 Å². The maximum atomic E-state index is 10.3. The van der Waals surface area contributed by atoms with Crippen LogP contribution >= 0.6 is 11.3 Å². The standard InChI is InChI=1S/C9H13NO2S/c1-6-3-4-13-9(6)7(2)10-5-8(11)12/h3-4,7,10H,5H2,1-2H3,(H,11,12). The van der Waals surface area contributed by atoms with Crippen LogP contribution in [0.4, 0.5) is 0 Å². The lowest BCUT2D eigenvalue weighted by Gasteiger charge is -2.11. The maximum Gasteiger partial charge on any atom is 0.317 e. The lowest BCUT2D eigenvalue weighted by molar-refractivity contribution is -0.136. The van der Waals surface area contributed by atoms with Crippen LogP contribution in [-0.4, -0.2) is 17.6 Å². The first-order valence-electron chi connectivity index (χ1n) is 4.10. The van der Waals surface area contributed by atoms with Crippen molar-refractivity contribution < 1.29 is 9.90 Å². The molecule has 4 heteroatoms. The number of rotatable bonds is 4. The van der Waals surface area contributed by atoms with Gasteiger partial charge in [0.2, 0.25) is 0 Å². The van der Waals surface area contributed by atoms with Crippen LogP contribution in [0.1, 0.15) is 23.4 Å². The molecule has 3 nitrogen and oxygen atoms in total. The van der Waals surface area contributed by atoms with E-state index in [1.165, 1.54) is 10.4 Å². The first kappa shape index (κ1) is 10.2. The Balaban J connectivity index is 2.53. The highest BCUT2D eigenvalue weighted by Crippen LogP contribution is 2.22. The summed E-state index contributed by atoms with van der Waals surface area (Å²) < 4.78 is 0. The Labute approximate surface area is 81.4 Å². The summed E-state index contributed by atoms with van der Waals surface area (Å²) in [5.41, 5.74) is 1.22. The van der Waals surface area contributed by atoms with Crippen molar-refractivity contribution in [1.82, 2.24) is 5.32 Å². The molecule has 1 heterocycles. The van der Waals surface area contributed by atoms with Gasteiger partial charge in [0.05, 0.1) is 6.54 Å². The number of carboxylic acid groups (broad SMARTS) is 1. The molecule has 2 N–H and O–H groups in total. The topological polar surface area (TPSA) is 49.3 Å². The molecule has 1 aromatic heterocycles. The molecular formula is C9H13NO2S. The molecule has 0 aliphatic carbocycles. The third-order valence-electron chi connectivity index (χ3n) is 1.85. The van der Waals surface area contributed by atoms with Gasteiger partial charge in [0.15, 0.2) is 0 Å². The van der Waals surface area contributed by atoms with Crippen LogP contribution in [0.5, 0.6) is 0 Å². The van der Waals surface area contributed by atoms with Crippen molar-refractivity contribution in [2.75, 3.05) is 6.54 Å². The monoisotopic (exact) mass is 199 g/mol. The maximum absolute atomic E-state index is 10.3. The van der Waals surface area contributed by atoms with E-state index in [2.05, 4.69) is 5.32 Å². The zero-order chi connectivity index (χ0) is 9.84. The van der Waals surface area contributed by atoms with E-state index in [-0.39, 0.29) is 12.6 Å². The minimum atomic E-state index is -0.818. The van der Waals surface area contributed by atoms with Crippen LogP contribution in [0.15, 0.2) is 11.4 Å². The largest absolute Gasteiger partial charge is 0.480 e. The second-order valence-corrected chi connectivity index (χ2v) is 3.91. The predicted molar refractivity (Wildman–Crippen MR) is 53.1 cm³/mol. The van der Waals surface area contributed by atoms with Crippen molar-refractivity contribution in [1.29, 1.82) is 0 Å². The normalized spacial score (nSPS) is 12.8. The Morgan fingerprint density at radius 3 is 2.92 bits per heavy atom. The fourth-order valence-corrected chi connectivity index (χ4v) is 2.12. The van der Waals surface area contributed by atoms with E-state index < -0.39 is 5.97 Å². The van der Waals surface area contributed by atoms with Crippen LogP contribution in [-0.2, 0) is 4.79 Å². The highest BCUT2D eigenvalue weighted by molar-refractivity contribution is 7.10. The molecule has 0 spiro atoms. The van der Waals surface area contributed by atoms with Crippen LogP contribution < -0.4 is 5.32 Å². The first-order chi connectivity index (χ1) is 6.11. The molecule has 0 aromatic carbocycles. The lowest BCUT2D eigenvalue weighted by Crippen LogP contribution is -2.25. The van der Waals surface area contributed by atoms with E-state index in [9.17, 15) is 4.79 Å². The Morgan fingerprint density at radius 1 is 1.77 bits per heavy atom. The Kier molecular flexibility index (Phi) is 3.45. The van der Waals surface area contributed by atoms with Crippen LogP contribution in [0.3, 0.4) is 0 Å². The molecule has 72 valence electrons. The molecule has 0 bridgehead atoms. The van der Waals surface area contributed by atoms with E-state index in [1.54, 1.807) is 11.3 Å². The minimum Gasteiger partial charge on any atom is -0.480 e. The van der Waals surface area contributed by atoms with Crippen LogP contribution in [0.2, 0.25) is 0 Å². The Bertz CT molecular complexity index is 296. The molecule has 1 unspecified atom stereocenters. The number of aliphatic carboxylic acids is 1. The zero-order valence-electron chi connectivity index (χ0n) is 7.70. The minimum absolute atomic E-state index is 0.0124. The lowest BCUT2D eigenvalue weighted by atomic mass is 10.2. The smallest absolute Gasteiger partial charge is 0.317 e. The van der Waals surface area contributed by atoms with Gasteiger partial charge in [-0.2, -0.15) is 0 Å². The summed E-state index contributed by atoms with van der Waals surface area (Å²) in [6.45, 7) is 4.02. The average Bonchev–Trinajstić information content (AvgIpc) is 2.47. The molecule has 0 fully saturated rings. The van der Waals surface area contributed by atoms with E-state index >= 15 is 0 Å². The summed E-state index contributed by atoms with van der Waals surface area (Å²) in [4.78, 5) is 11.5. The van der Waals surface area contributed by atoms with Crippen LogP contribution in [0, 0.1) is 6.92 Å². The number of carboxylic acids is 1. The number of thiophene rings is 1. The average molecular weight is 199 g/mol. The number of hydrogen-bond donors (Lipinski definition) is 2. The van der Waals surface area contributed by atoms with Gasteiger partial charge in [-0.1, -0.05) is 0 Å². The molecule has 0 saturated carbocycles. The Hall–Kier alpha value is -0.870. The van der Waals surface area contributed by atoms with Crippen molar-refractivity contribution >= 4 is 17.3 Å². The van der Waals surface area contributed by atoms with E-state index in [0.29, 0.717) is 0 Å². The molecule has 0 aliphatic heterocycles. The summed E-state index contributed by atoms with van der Waals surface area (Å²) in [6.07, 6.45) is 0. The molecule has 13 heavy (non-hydrogen) atoms. The molecule has 0 aliphatic rings. The van der Waals surface area contributed by atoms with Gasteiger partial charge in [0, 0.05) is 10.9 Å². The molecule has 1 atom stereocenters. The number of carbonyl (C=O) groups is 1. The zero-order valence-corrected chi connectivity index (χ0v) is 8.52. The predicted octanol–water partition coefficient (Wildman–Crippen LogP) is 1.79. The van der Waals surface area contributed by atoms with Gasteiger partial charge >= 0.3 is 5.97 Å². The fraction of sp³-hybridized carbons (Fsp3) is 0.444. The van der Waals surface area contributed by atoms with Gasteiger partial charge < -0.3 is 5.11 Å². The number of hydrogen-bond acceptors (Lipinski definition) is 3. The summed E-state index contributed by atoms with van der Waals surface area (Å²) in [5, 5.41) is 13.4. The number of nitrogens with one attached hydrogen (secondary N) is 1. The summed E-state index contributed by atoms with van der Waals surface area (Å²) in [7, 11) is 0. The van der Waals surface area contributed by atoms with Crippen LogP contribution in [0.25, 0.3) is 0 Å².